The monoisotopic (exact) mass is 282 g/mol. The van der Waals surface area contributed by atoms with E-state index in [0.717, 1.165) is 6.54 Å². The van der Waals surface area contributed by atoms with Crippen LogP contribution in [0.3, 0.4) is 0 Å². The molecule has 1 aromatic carbocycles. The molecule has 0 saturated carbocycles. The summed E-state index contributed by atoms with van der Waals surface area (Å²) in [6.45, 7) is 3.08. The van der Waals surface area contributed by atoms with E-state index in [1.807, 2.05) is 4.90 Å². The topological polar surface area (TPSA) is 79.6 Å². The Morgan fingerprint density at radius 3 is 3.05 bits per heavy atom. The predicted molar refractivity (Wildman–Crippen MR) is 75.3 cm³/mol. The van der Waals surface area contributed by atoms with Crippen LogP contribution < -0.4 is 21.1 Å². The van der Waals surface area contributed by atoms with Crippen molar-refractivity contribution in [3.05, 3.63) is 17.9 Å². The molecule has 0 unspecified atom stereocenters. The molecule has 1 aliphatic heterocycles. The third kappa shape index (κ3) is 3.30. The molecule has 20 heavy (non-hydrogen) atoms. The smallest absolute Gasteiger partial charge is 0.234 e. The van der Waals surface area contributed by atoms with Crippen molar-refractivity contribution in [3.63, 3.8) is 0 Å². The highest BCUT2D eigenvalue weighted by Gasteiger charge is 2.16. The van der Waals surface area contributed by atoms with E-state index in [0.29, 0.717) is 37.6 Å². The Bertz CT molecular complexity index is 496. The van der Waals surface area contributed by atoms with E-state index in [-0.39, 0.29) is 11.6 Å². The van der Waals surface area contributed by atoms with E-state index in [4.69, 9.17) is 10.5 Å². The molecule has 6 nitrogen and oxygen atoms in total. The van der Waals surface area contributed by atoms with E-state index in [9.17, 15) is 9.18 Å². The molecule has 0 spiro atoms. The first kappa shape index (κ1) is 14.4. The van der Waals surface area contributed by atoms with Crippen molar-refractivity contribution in [2.45, 2.75) is 0 Å². The standard InChI is InChI=1S/C13H19FN4O2/c1-20-10-3-2-9(14)12(15)13(10)17-5-7-18-6-4-16-11(19)8-18/h2-3,17H,4-8,15H2,1H3,(H,16,19). The van der Waals surface area contributed by atoms with Crippen LogP contribution in [0.1, 0.15) is 0 Å². The van der Waals surface area contributed by atoms with Crippen LogP contribution in [0.15, 0.2) is 12.1 Å². The molecule has 7 heteroatoms. The Labute approximate surface area is 117 Å². The number of halogens is 1. The third-order valence-corrected chi connectivity index (χ3v) is 3.22. The number of piperazine rings is 1. The molecule has 1 aliphatic rings. The first-order valence-electron chi connectivity index (χ1n) is 6.46. The van der Waals surface area contributed by atoms with E-state index in [1.165, 1.54) is 19.2 Å². The first-order valence-corrected chi connectivity index (χ1v) is 6.46. The summed E-state index contributed by atoms with van der Waals surface area (Å²) in [6.07, 6.45) is 0. The first-order chi connectivity index (χ1) is 9.61. The molecule has 0 aliphatic carbocycles. The molecule has 2 rings (SSSR count). The average Bonchev–Trinajstić information content (AvgIpc) is 2.44. The normalized spacial score (nSPS) is 15.8. The maximum atomic E-state index is 13.4. The number of nitrogen functional groups attached to an aromatic ring is 1. The number of methoxy groups -OCH3 is 1. The van der Waals surface area contributed by atoms with Crippen LogP contribution in [-0.2, 0) is 4.79 Å². The zero-order chi connectivity index (χ0) is 14.5. The average molecular weight is 282 g/mol. The minimum Gasteiger partial charge on any atom is -0.495 e. The van der Waals surface area contributed by atoms with Crippen LogP contribution in [0.25, 0.3) is 0 Å². The van der Waals surface area contributed by atoms with Gasteiger partial charge in [0.05, 0.1) is 19.3 Å². The SMILES string of the molecule is COc1ccc(F)c(N)c1NCCN1CCNC(=O)C1. The van der Waals surface area contributed by atoms with Gasteiger partial charge in [-0.15, -0.1) is 0 Å². The lowest BCUT2D eigenvalue weighted by Crippen LogP contribution is -2.48. The second-order valence-corrected chi connectivity index (χ2v) is 4.59. The highest BCUT2D eigenvalue weighted by Crippen LogP contribution is 2.32. The number of nitrogens with two attached hydrogens (primary N) is 1. The van der Waals surface area contributed by atoms with Gasteiger partial charge in [-0.25, -0.2) is 4.39 Å². The van der Waals surface area contributed by atoms with E-state index >= 15 is 0 Å². The summed E-state index contributed by atoms with van der Waals surface area (Å²) in [5, 5.41) is 5.84. The lowest BCUT2D eigenvalue weighted by Gasteiger charge is -2.26. The Balaban J connectivity index is 1.93. The molecule has 0 radical (unpaired) electrons. The van der Waals surface area contributed by atoms with Crippen LogP contribution in [0, 0.1) is 5.82 Å². The minimum atomic E-state index is -0.481. The molecule has 110 valence electrons. The molecule has 0 bridgehead atoms. The number of carbonyl (C=O) groups is 1. The lowest BCUT2D eigenvalue weighted by molar-refractivity contribution is -0.124. The Morgan fingerprint density at radius 2 is 2.35 bits per heavy atom. The summed E-state index contributed by atoms with van der Waals surface area (Å²) in [6, 6.07) is 2.80. The van der Waals surface area contributed by atoms with Gasteiger partial charge in [-0.1, -0.05) is 0 Å². The number of rotatable bonds is 5. The molecule has 1 aromatic rings. The van der Waals surface area contributed by atoms with E-state index < -0.39 is 5.82 Å². The van der Waals surface area contributed by atoms with Crippen LogP contribution in [-0.4, -0.2) is 50.6 Å². The zero-order valence-corrected chi connectivity index (χ0v) is 11.4. The highest BCUT2D eigenvalue weighted by atomic mass is 19.1. The summed E-state index contributed by atoms with van der Waals surface area (Å²) in [5.41, 5.74) is 6.20. The molecule has 4 N–H and O–H groups in total. The Kier molecular flexibility index (Phi) is 4.62. The predicted octanol–water partition coefficient (Wildman–Crippen LogP) is 0.260. The number of hydrogen-bond acceptors (Lipinski definition) is 5. The summed E-state index contributed by atoms with van der Waals surface area (Å²) in [4.78, 5) is 13.3. The van der Waals surface area contributed by atoms with Crippen molar-refractivity contribution in [2.75, 3.05) is 50.9 Å². The maximum absolute atomic E-state index is 13.4. The third-order valence-electron chi connectivity index (χ3n) is 3.22. The lowest BCUT2D eigenvalue weighted by atomic mass is 10.2. The van der Waals surface area contributed by atoms with Gasteiger partial charge in [-0.05, 0) is 12.1 Å². The van der Waals surface area contributed by atoms with Crippen LogP contribution >= 0.6 is 0 Å². The second kappa shape index (κ2) is 6.42. The number of hydrogen-bond donors (Lipinski definition) is 3. The van der Waals surface area contributed by atoms with Crippen molar-refractivity contribution >= 4 is 17.3 Å². The molecule has 1 heterocycles. The number of nitrogens with one attached hydrogen (secondary N) is 2. The number of benzene rings is 1. The fourth-order valence-electron chi connectivity index (χ4n) is 2.15. The number of carbonyl (C=O) groups excluding carboxylic acids is 1. The fraction of sp³-hybridized carbons (Fsp3) is 0.462. The van der Waals surface area contributed by atoms with Crippen LogP contribution in [0.4, 0.5) is 15.8 Å². The van der Waals surface area contributed by atoms with Crippen molar-refractivity contribution in [1.29, 1.82) is 0 Å². The summed E-state index contributed by atoms with van der Waals surface area (Å²) >= 11 is 0. The summed E-state index contributed by atoms with van der Waals surface area (Å²) in [5.74, 6) is 0.0463. The second-order valence-electron chi connectivity index (χ2n) is 4.59. The number of anilines is 2. The van der Waals surface area contributed by atoms with Gasteiger partial charge in [0.2, 0.25) is 5.91 Å². The quantitative estimate of drug-likeness (QED) is 0.675. The Hall–Kier alpha value is -2.02. The fourth-order valence-corrected chi connectivity index (χ4v) is 2.15. The van der Waals surface area contributed by atoms with Gasteiger partial charge in [-0.2, -0.15) is 0 Å². The van der Waals surface area contributed by atoms with Gasteiger partial charge in [-0.3, -0.25) is 9.69 Å². The number of ether oxygens (including phenoxy) is 1. The van der Waals surface area contributed by atoms with Crippen molar-refractivity contribution in [2.24, 2.45) is 0 Å². The molecule has 0 atom stereocenters. The summed E-state index contributed by atoms with van der Waals surface area (Å²) < 4.78 is 18.6. The van der Waals surface area contributed by atoms with Crippen molar-refractivity contribution in [3.8, 4) is 5.75 Å². The minimum absolute atomic E-state index is 0.0269. The molecular formula is C13H19FN4O2. The van der Waals surface area contributed by atoms with Gasteiger partial charge < -0.3 is 21.1 Å². The van der Waals surface area contributed by atoms with Crippen LogP contribution in [0.5, 0.6) is 5.75 Å². The van der Waals surface area contributed by atoms with Crippen molar-refractivity contribution < 1.29 is 13.9 Å². The zero-order valence-electron chi connectivity index (χ0n) is 11.4. The van der Waals surface area contributed by atoms with Gasteiger partial charge in [0, 0.05) is 26.2 Å². The van der Waals surface area contributed by atoms with Gasteiger partial charge in [0.15, 0.2) is 0 Å². The van der Waals surface area contributed by atoms with Gasteiger partial charge >= 0.3 is 0 Å². The molecular weight excluding hydrogens is 263 g/mol. The maximum Gasteiger partial charge on any atom is 0.234 e. The van der Waals surface area contributed by atoms with E-state index in [1.54, 1.807) is 0 Å². The molecule has 1 amide bonds. The molecule has 0 aromatic heterocycles. The molecule has 1 saturated heterocycles. The van der Waals surface area contributed by atoms with Crippen molar-refractivity contribution in [1.82, 2.24) is 10.2 Å². The number of nitrogens with zero attached hydrogens (tertiary/aromatic N) is 1. The van der Waals surface area contributed by atoms with Gasteiger partial charge in [0.25, 0.3) is 0 Å². The molecule has 1 fully saturated rings. The largest absolute Gasteiger partial charge is 0.495 e. The number of amides is 1. The van der Waals surface area contributed by atoms with Gasteiger partial charge in [0.1, 0.15) is 17.3 Å². The van der Waals surface area contributed by atoms with Crippen LogP contribution in [0.2, 0.25) is 0 Å². The highest BCUT2D eigenvalue weighted by molar-refractivity contribution is 5.78. The van der Waals surface area contributed by atoms with E-state index in [2.05, 4.69) is 10.6 Å². The summed E-state index contributed by atoms with van der Waals surface area (Å²) in [7, 11) is 1.51. The Morgan fingerprint density at radius 1 is 1.55 bits per heavy atom.